The van der Waals surface area contributed by atoms with Crippen molar-refractivity contribution < 1.29 is 0 Å². The summed E-state index contributed by atoms with van der Waals surface area (Å²) in [6.45, 7) is 5.38. The third-order valence-electron chi connectivity index (χ3n) is 5.56. The maximum Gasteiger partial charge on any atom is 0.0167 e. The molecule has 3 fully saturated rings. The molecule has 2 nitrogen and oxygen atoms in total. The van der Waals surface area contributed by atoms with Gasteiger partial charge in [-0.25, -0.2) is 0 Å². The Labute approximate surface area is 119 Å². The average molecular weight is 348 g/mol. The topological polar surface area (TPSA) is 6.48 Å². The highest BCUT2D eigenvalue weighted by atomic mass is 127. The van der Waals surface area contributed by atoms with Crippen LogP contribution in [0.25, 0.3) is 0 Å². The lowest BCUT2D eigenvalue weighted by atomic mass is 9.63. The van der Waals surface area contributed by atoms with Crippen molar-refractivity contribution in [2.24, 2.45) is 5.41 Å². The molecule has 3 rings (SSSR count). The Morgan fingerprint density at radius 1 is 0.941 bits per heavy atom. The van der Waals surface area contributed by atoms with Crippen LogP contribution in [0, 0.1) is 5.41 Å². The van der Waals surface area contributed by atoms with Crippen molar-refractivity contribution in [1.82, 2.24) is 9.80 Å². The summed E-state index contributed by atoms with van der Waals surface area (Å²) < 4.78 is 0.986. The molecule has 1 unspecified atom stereocenters. The minimum Gasteiger partial charge on any atom is -0.306 e. The number of likely N-dealkylation sites (tertiary alicyclic amines) is 2. The molecule has 3 aliphatic rings. The van der Waals surface area contributed by atoms with Gasteiger partial charge in [-0.2, -0.15) is 0 Å². The number of hydrogen-bond acceptors (Lipinski definition) is 2. The molecule has 1 spiro atoms. The minimum absolute atomic E-state index is 0.766. The van der Waals surface area contributed by atoms with E-state index in [1.54, 1.807) is 0 Å². The molecule has 1 saturated carbocycles. The van der Waals surface area contributed by atoms with Gasteiger partial charge in [-0.15, -0.1) is 0 Å². The maximum absolute atomic E-state index is 2.81. The number of rotatable bonds is 1. The van der Waals surface area contributed by atoms with Crippen LogP contribution in [-0.2, 0) is 0 Å². The molecule has 2 heterocycles. The summed E-state index contributed by atoms with van der Waals surface area (Å²) in [6, 6.07) is 0.899. The van der Waals surface area contributed by atoms with E-state index in [2.05, 4.69) is 39.4 Å². The molecular weight excluding hydrogens is 323 g/mol. The zero-order valence-electron chi connectivity index (χ0n) is 11.0. The standard InChI is InChI=1S/C14H25IN2/c1-16-8-3-12(4-9-16)17-10-6-14(7-11-17)5-2-13(14)15/h12-13H,2-11H2,1H3. The van der Waals surface area contributed by atoms with E-state index in [1.165, 1.54) is 64.7 Å². The van der Waals surface area contributed by atoms with Crippen LogP contribution >= 0.6 is 22.6 Å². The van der Waals surface area contributed by atoms with Crippen molar-refractivity contribution in [3.8, 4) is 0 Å². The van der Waals surface area contributed by atoms with E-state index in [0.717, 1.165) is 15.4 Å². The summed E-state index contributed by atoms with van der Waals surface area (Å²) in [5.41, 5.74) is 0.766. The highest BCUT2D eigenvalue weighted by Gasteiger charge is 2.47. The van der Waals surface area contributed by atoms with Gasteiger partial charge in [-0.1, -0.05) is 22.6 Å². The number of nitrogens with zero attached hydrogens (tertiary/aromatic N) is 2. The second kappa shape index (κ2) is 4.97. The molecular formula is C14H25IN2. The molecule has 1 atom stereocenters. The van der Waals surface area contributed by atoms with E-state index in [0.29, 0.717) is 0 Å². The molecule has 98 valence electrons. The van der Waals surface area contributed by atoms with Crippen LogP contribution in [0.4, 0.5) is 0 Å². The SMILES string of the molecule is CN1CCC(N2CCC3(CCC3I)CC2)CC1. The highest BCUT2D eigenvalue weighted by Crippen LogP contribution is 2.53. The summed E-state index contributed by atoms with van der Waals surface area (Å²) in [5, 5.41) is 0. The van der Waals surface area contributed by atoms with Crippen molar-refractivity contribution in [3.05, 3.63) is 0 Å². The Hall–Kier alpha value is 0.650. The van der Waals surface area contributed by atoms with Gasteiger partial charge in [-0.05, 0) is 77.2 Å². The predicted octanol–water partition coefficient (Wildman–Crippen LogP) is 2.76. The number of halogens is 1. The molecule has 0 N–H and O–H groups in total. The molecule has 2 saturated heterocycles. The summed E-state index contributed by atoms with van der Waals surface area (Å²) in [7, 11) is 2.26. The molecule has 0 aromatic rings. The molecule has 0 aromatic carbocycles. The van der Waals surface area contributed by atoms with Crippen LogP contribution in [-0.4, -0.2) is 53.0 Å². The lowest BCUT2D eigenvalue weighted by molar-refractivity contribution is 0.0137. The van der Waals surface area contributed by atoms with Crippen molar-refractivity contribution in [3.63, 3.8) is 0 Å². The fourth-order valence-corrected chi connectivity index (χ4v) is 5.17. The summed E-state index contributed by atoms with van der Waals surface area (Å²) in [6.07, 6.45) is 8.75. The first-order valence-corrected chi connectivity index (χ1v) is 8.51. The smallest absolute Gasteiger partial charge is 0.0167 e. The van der Waals surface area contributed by atoms with Crippen LogP contribution in [0.5, 0.6) is 0 Å². The normalized spacial score (nSPS) is 36.0. The number of alkyl halides is 1. The first kappa shape index (κ1) is 12.7. The van der Waals surface area contributed by atoms with Gasteiger partial charge in [0.25, 0.3) is 0 Å². The molecule has 2 aliphatic heterocycles. The third kappa shape index (κ3) is 2.39. The van der Waals surface area contributed by atoms with Crippen LogP contribution in [0.3, 0.4) is 0 Å². The van der Waals surface area contributed by atoms with E-state index < -0.39 is 0 Å². The van der Waals surface area contributed by atoms with Crippen LogP contribution in [0.1, 0.15) is 38.5 Å². The Kier molecular flexibility index (Phi) is 3.70. The van der Waals surface area contributed by atoms with Gasteiger partial charge in [0.05, 0.1) is 0 Å². The zero-order chi connectivity index (χ0) is 11.9. The summed E-state index contributed by atoms with van der Waals surface area (Å²) in [4.78, 5) is 5.29. The Morgan fingerprint density at radius 2 is 1.59 bits per heavy atom. The van der Waals surface area contributed by atoms with Crippen molar-refractivity contribution >= 4 is 22.6 Å². The Balaban J connectivity index is 1.51. The van der Waals surface area contributed by atoms with E-state index >= 15 is 0 Å². The Bertz CT molecular complexity index is 265. The first-order valence-electron chi connectivity index (χ1n) is 7.26. The predicted molar refractivity (Wildman–Crippen MR) is 80.8 cm³/mol. The zero-order valence-corrected chi connectivity index (χ0v) is 13.2. The van der Waals surface area contributed by atoms with Gasteiger partial charge in [0, 0.05) is 9.97 Å². The molecule has 3 heteroatoms. The molecule has 0 radical (unpaired) electrons. The monoisotopic (exact) mass is 348 g/mol. The molecule has 0 amide bonds. The van der Waals surface area contributed by atoms with Crippen LogP contribution in [0.15, 0.2) is 0 Å². The van der Waals surface area contributed by atoms with Crippen molar-refractivity contribution in [1.29, 1.82) is 0 Å². The second-order valence-corrected chi connectivity index (χ2v) is 7.94. The first-order chi connectivity index (χ1) is 8.20. The lowest BCUT2D eigenvalue weighted by Gasteiger charge is -2.53. The summed E-state index contributed by atoms with van der Waals surface area (Å²) >= 11 is 2.70. The van der Waals surface area contributed by atoms with Crippen LogP contribution in [0.2, 0.25) is 0 Å². The molecule has 0 bridgehead atoms. The molecule has 0 aromatic heterocycles. The Morgan fingerprint density at radius 3 is 2.06 bits per heavy atom. The van der Waals surface area contributed by atoms with E-state index in [-0.39, 0.29) is 0 Å². The highest BCUT2D eigenvalue weighted by molar-refractivity contribution is 14.1. The van der Waals surface area contributed by atoms with Crippen LogP contribution < -0.4 is 0 Å². The van der Waals surface area contributed by atoms with Gasteiger partial charge in [0.1, 0.15) is 0 Å². The van der Waals surface area contributed by atoms with Gasteiger partial charge >= 0.3 is 0 Å². The van der Waals surface area contributed by atoms with Gasteiger partial charge in [0.2, 0.25) is 0 Å². The molecule has 17 heavy (non-hydrogen) atoms. The average Bonchev–Trinajstić information content (AvgIpc) is 2.38. The number of hydrogen-bond donors (Lipinski definition) is 0. The van der Waals surface area contributed by atoms with Gasteiger partial charge < -0.3 is 9.80 Å². The minimum atomic E-state index is 0.766. The quantitative estimate of drug-likeness (QED) is 0.531. The van der Waals surface area contributed by atoms with Gasteiger partial charge in [0.15, 0.2) is 0 Å². The largest absolute Gasteiger partial charge is 0.306 e. The maximum atomic E-state index is 2.81. The fraction of sp³-hybridized carbons (Fsp3) is 1.00. The fourth-order valence-electron chi connectivity index (χ4n) is 3.92. The second-order valence-electron chi connectivity index (χ2n) is 6.44. The molecule has 1 aliphatic carbocycles. The summed E-state index contributed by atoms with van der Waals surface area (Å²) in [5.74, 6) is 0. The van der Waals surface area contributed by atoms with Crippen molar-refractivity contribution in [2.75, 3.05) is 33.2 Å². The van der Waals surface area contributed by atoms with E-state index in [4.69, 9.17) is 0 Å². The van der Waals surface area contributed by atoms with E-state index in [1.807, 2.05) is 0 Å². The van der Waals surface area contributed by atoms with Gasteiger partial charge in [-0.3, -0.25) is 0 Å². The lowest BCUT2D eigenvalue weighted by Crippen LogP contribution is -2.53. The van der Waals surface area contributed by atoms with Crippen molar-refractivity contribution in [2.45, 2.75) is 48.5 Å². The third-order valence-corrected chi connectivity index (χ3v) is 7.50. The van der Waals surface area contributed by atoms with E-state index in [9.17, 15) is 0 Å². The number of piperidine rings is 2.